The van der Waals surface area contributed by atoms with Crippen molar-refractivity contribution < 1.29 is 23.5 Å². The number of ether oxygens (including phenoxy) is 2. The van der Waals surface area contributed by atoms with E-state index in [0.717, 1.165) is 5.56 Å². The number of nitrogens with one attached hydrogen (secondary N) is 2. The van der Waals surface area contributed by atoms with Gasteiger partial charge in [0.25, 0.3) is 11.8 Å². The van der Waals surface area contributed by atoms with Crippen LogP contribution in [0.4, 0.5) is 0 Å². The molecule has 0 saturated carbocycles. The van der Waals surface area contributed by atoms with Crippen molar-refractivity contribution in [3.8, 4) is 11.5 Å². The zero-order valence-corrected chi connectivity index (χ0v) is 18.7. The number of fused-ring (bicyclic) bond motifs is 1. The number of para-hydroxylation sites is 1. The second-order valence-electron chi connectivity index (χ2n) is 7.30. The largest absolute Gasteiger partial charge is 0.497 e. The van der Waals surface area contributed by atoms with Crippen molar-refractivity contribution in [2.75, 3.05) is 14.2 Å². The molecule has 0 atom stereocenters. The van der Waals surface area contributed by atoms with Gasteiger partial charge in [-0.15, -0.1) is 5.10 Å². The number of amides is 2. The highest BCUT2D eigenvalue weighted by Gasteiger charge is 2.15. The summed E-state index contributed by atoms with van der Waals surface area (Å²) in [5, 5.41) is 7.63. The summed E-state index contributed by atoms with van der Waals surface area (Å²) in [7, 11) is 3.04. The Kier molecular flexibility index (Phi) is 6.88. The molecule has 0 saturated heterocycles. The van der Waals surface area contributed by atoms with Gasteiger partial charge >= 0.3 is 0 Å². The minimum Gasteiger partial charge on any atom is -0.497 e. The third-order valence-corrected chi connectivity index (χ3v) is 5.09. The molecule has 0 spiro atoms. The first-order chi connectivity index (χ1) is 16.6. The van der Waals surface area contributed by atoms with Crippen molar-refractivity contribution in [3.05, 3.63) is 101 Å². The van der Waals surface area contributed by atoms with Crippen molar-refractivity contribution in [3.63, 3.8) is 0 Å². The van der Waals surface area contributed by atoms with Crippen LogP contribution < -0.4 is 25.8 Å². The second kappa shape index (κ2) is 10.4. The molecule has 3 aromatic carbocycles. The van der Waals surface area contributed by atoms with Gasteiger partial charge in [0.1, 0.15) is 11.3 Å². The lowest BCUT2D eigenvalue weighted by Crippen LogP contribution is -2.30. The molecule has 0 aliphatic carbocycles. The molecule has 0 aliphatic heterocycles. The third-order valence-electron chi connectivity index (χ3n) is 5.09. The Bertz CT molecular complexity index is 1400. The lowest BCUT2D eigenvalue weighted by molar-refractivity contribution is 0.0932. The van der Waals surface area contributed by atoms with Gasteiger partial charge in [-0.05, 0) is 35.9 Å². The molecule has 8 heteroatoms. The minimum absolute atomic E-state index is 0.0567. The summed E-state index contributed by atoms with van der Waals surface area (Å²) in [5.74, 6) is 0.134. The van der Waals surface area contributed by atoms with Crippen molar-refractivity contribution in [1.82, 2.24) is 10.7 Å². The number of carbonyl (C=O) groups excluding carboxylic acids is 2. The maximum Gasteiger partial charge on any atom is 0.271 e. The Hall–Kier alpha value is -4.59. The summed E-state index contributed by atoms with van der Waals surface area (Å²) in [5.41, 5.74) is 4.26. The van der Waals surface area contributed by atoms with Crippen molar-refractivity contribution in [2.24, 2.45) is 5.10 Å². The molecule has 0 unspecified atom stereocenters. The van der Waals surface area contributed by atoms with E-state index in [1.807, 2.05) is 30.3 Å². The summed E-state index contributed by atoms with van der Waals surface area (Å²) in [6, 6.07) is 23.1. The Labute approximate surface area is 195 Å². The van der Waals surface area contributed by atoms with Gasteiger partial charge in [0.2, 0.25) is 5.55 Å². The van der Waals surface area contributed by atoms with Gasteiger partial charge in [0.15, 0.2) is 11.3 Å². The van der Waals surface area contributed by atoms with E-state index in [0.29, 0.717) is 34.6 Å². The van der Waals surface area contributed by atoms with Crippen molar-refractivity contribution >= 4 is 22.8 Å². The molecule has 8 nitrogen and oxygen atoms in total. The van der Waals surface area contributed by atoms with Gasteiger partial charge in [-0.25, -0.2) is 5.43 Å². The molecule has 2 amide bonds. The first kappa shape index (κ1) is 22.6. The Morgan fingerprint density at radius 2 is 1.68 bits per heavy atom. The van der Waals surface area contributed by atoms with Crippen LogP contribution in [-0.2, 0) is 6.54 Å². The van der Waals surface area contributed by atoms with Gasteiger partial charge in [-0.1, -0.05) is 48.5 Å². The number of hydrogen-bond acceptors (Lipinski definition) is 6. The van der Waals surface area contributed by atoms with Crippen LogP contribution in [0.15, 0.2) is 88.4 Å². The van der Waals surface area contributed by atoms with Gasteiger partial charge in [0.05, 0.1) is 14.2 Å². The first-order valence-electron chi connectivity index (χ1n) is 10.5. The van der Waals surface area contributed by atoms with E-state index in [-0.39, 0.29) is 11.1 Å². The van der Waals surface area contributed by atoms with Gasteiger partial charge < -0.3 is 19.2 Å². The van der Waals surface area contributed by atoms with Crippen LogP contribution in [-0.4, -0.2) is 26.0 Å². The van der Waals surface area contributed by atoms with Crippen LogP contribution in [0.25, 0.3) is 11.0 Å². The van der Waals surface area contributed by atoms with Crippen LogP contribution in [0.3, 0.4) is 0 Å². The number of nitrogens with zero attached hydrogens (tertiary/aromatic N) is 1. The molecule has 2 N–H and O–H groups in total. The molecule has 34 heavy (non-hydrogen) atoms. The molecule has 0 bridgehead atoms. The van der Waals surface area contributed by atoms with E-state index >= 15 is 0 Å². The van der Waals surface area contributed by atoms with Crippen LogP contribution in [0.1, 0.15) is 26.3 Å². The maximum atomic E-state index is 13.0. The van der Waals surface area contributed by atoms with Crippen molar-refractivity contribution in [1.29, 1.82) is 0 Å². The predicted octanol–water partition coefficient (Wildman–Crippen LogP) is 3.63. The van der Waals surface area contributed by atoms with E-state index in [4.69, 9.17) is 13.9 Å². The molecule has 1 heterocycles. The molecule has 4 rings (SSSR count). The monoisotopic (exact) mass is 457 g/mol. The Morgan fingerprint density at radius 3 is 2.44 bits per heavy atom. The number of methoxy groups -OCH3 is 2. The van der Waals surface area contributed by atoms with Crippen LogP contribution in [0.2, 0.25) is 0 Å². The first-order valence-corrected chi connectivity index (χ1v) is 10.5. The number of hydrogen-bond donors (Lipinski definition) is 2. The standard InChI is InChI=1S/C26H23N3O5/c1-32-20-12-6-11-19(14-20)24(30)28-29-26-21(25(31)27-16-17-8-4-3-5-9-17)15-18-10-7-13-22(33-2)23(18)34-26/h3-15H,16H2,1-2H3,(H,27,31)(H,28,30)/b29-26+. The quantitative estimate of drug-likeness (QED) is 0.413. The summed E-state index contributed by atoms with van der Waals surface area (Å²) in [6.45, 7) is 0.325. The second-order valence-corrected chi connectivity index (χ2v) is 7.30. The van der Waals surface area contributed by atoms with Crippen LogP contribution >= 0.6 is 0 Å². The van der Waals surface area contributed by atoms with Crippen molar-refractivity contribution in [2.45, 2.75) is 6.54 Å². The molecular formula is C26H23N3O5. The Balaban J connectivity index is 1.70. The lowest BCUT2D eigenvalue weighted by Gasteiger charge is -2.09. The Morgan fingerprint density at radius 1 is 0.882 bits per heavy atom. The molecule has 172 valence electrons. The smallest absolute Gasteiger partial charge is 0.271 e. The third kappa shape index (κ3) is 5.07. The normalized spacial score (nSPS) is 11.2. The molecular weight excluding hydrogens is 434 g/mol. The molecule has 0 fully saturated rings. The van der Waals surface area contributed by atoms with Crippen LogP contribution in [0.5, 0.6) is 11.5 Å². The topological polar surface area (TPSA) is 102 Å². The zero-order chi connectivity index (χ0) is 23.9. The van der Waals surface area contributed by atoms with E-state index in [2.05, 4.69) is 15.8 Å². The highest BCUT2D eigenvalue weighted by atomic mass is 16.5. The molecule has 0 aliphatic rings. The molecule has 1 aromatic heterocycles. The van der Waals surface area contributed by atoms with Gasteiger partial charge in [-0.3, -0.25) is 9.59 Å². The minimum atomic E-state index is -0.482. The summed E-state index contributed by atoms with van der Waals surface area (Å²) in [4.78, 5) is 25.7. The molecule has 4 aromatic rings. The average Bonchev–Trinajstić information content (AvgIpc) is 2.90. The summed E-state index contributed by atoms with van der Waals surface area (Å²) >= 11 is 0. The maximum absolute atomic E-state index is 13.0. The zero-order valence-electron chi connectivity index (χ0n) is 18.7. The fraction of sp³-hybridized carbons (Fsp3) is 0.115. The average molecular weight is 457 g/mol. The lowest BCUT2D eigenvalue weighted by atomic mass is 10.1. The van der Waals surface area contributed by atoms with E-state index < -0.39 is 11.8 Å². The van der Waals surface area contributed by atoms with E-state index in [9.17, 15) is 9.59 Å². The molecule has 0 radical (unpaired) electrons. The van der Waals surface area contributed by atoms with E-state index in [1.54, 1.807) is 48.5 Å². The number of carbonyl (C=O) groups is 2. The SMILES string of the molecule is COc1cccc(C(=O)N/N=c2/oc3c(OC)cccc3cc2C(=O)NCc2ccccc2)c1. The number of rotatable bonds is 7. The van der Waals surface area contributed by atoms with Gasteiger partial charge in [-0.2, -0.15) is 0 Å². The number of benzene rings is 3. The summed E-state index contributed by atoms with van der Waals surface area (Å²) in [6.07, 6.45) is 0. The fourth-order valence-corrected chi connectivity index (χ4v) is 3.33. The highest BCUT2D eigenvalue weighted by Crippen LogP contribution is 2.24. The fourth-order valence-electron chi connectivity index (χ4n) is 3.33. The van der Waals surface area contributed by atoms with Gasteiger partial charge in [0, 0.05) is 17.5 Å². The van der Waals surface area contributed by atoms with Crippen LogP contribution in [0, 0.1) is 0 Å². The summed E-state index contributed by atoms with van der Waals surface area (Å²) < 4.78 is 16.5. The predicted molar refractivity (Wildman–Crippen MR) is 126 cm³/mol. The van der Waals surface area contributed by atoms with E-state index in [1.165, 1.54) is 14.2 Å². The highest BCUT2D eigenvalue weighted by molar-refractivity contribution is 5.97.